The number of hydrogen-bond acceptors (Lipinski definition) is 3. The predicted octanol–water partition coefficient (Wildman–Crippen LogP) is 3.42. The van der Waals surface area contributed by atoms with E-state index in [0.717, 1.165) is 24.0 Å². The SMILES string of the molecule is CCNC(=NCc1cccc(OC)c1O)NC1CCCC(CC)C1. The van der Waals surface area contributed by atoms with Crippen LogP contribution in [0.1, 0.15) is 51.5 Å². The highest BCUT2D eigenvalue weighted by Crippen LogP contribution is 2.30. The van der Waals surface area contributed by atoms with Crippen molar-refractivity contribution in [2.24, 2.45) is 10.9 Å². The highest BCUT2D eigenvalue weighted by molar-refractivity contribution is 5.80. The maximum absolute atomic E-state index is 10.2. The lowest BCUT2D eigenvalue weighted by atomic mass is 9.84. The van der Waals surface area contributed by atoms with Gasteiger partial charge in [-0.1, -0.05) is 38.3 Å². The Morgan fingerprint density at radius 1 is 1.33 bits per heavy atom. The fourth-order valence-electron chi connectivity index (χ4n) is 3.33. The van der Waals surface area contributed by atoms with Gasteiger partial charge in [-0.3, -0.25) is 0 Å². The molecule has 0 amide bonds. The van der Waals surface area contributed by atoms with Crippen molar-refractivity contribution in [3.63, 3.8) is 0 Å². The first-order valence-electron chi connectivity index (χ1n) is 9.07. The normalized spacial score (nSPS) is 21.4. The van der Waals surface area contributed by atoms with Crippen LogP contribution in [0.5, 0.6) is 11.5 Å². The van der Waals surface area contributed by atoms with E-state index in [1.807, 2.05) is 12.1 Å². The summed E-state index contributed by atoms with van der Waals surface area (Å²) in [5, 5.41) is 17.1. The quantitative estimate of drug-likeness (QED) is 0.551. The minimum absolute atomic E-state index is 0.170. The zero-order valence-corrected chi connectivity index (χ0v) is 15.1. The van der Waals surface area contributed by atoms with E-state index in [9.17, 15) is 5.11 Å². The van der Waals surface area contributed by atoms with Gasteiger partial charge in [-0.25, -0.2) is 4.99 Å². The molecule has 0 spiro atoms. The molecule has 1 aliphatic carbocycles. The Hall–Kier alpha value is -1.91. The monoisotopic (exact) mass is 333 g/mol. The Kier molecular flexibility index (Phi) is 7.22. The third-order valence-corrected chi connectivity index (χ3v) is 4.76. The molecular formula is C19H31N3O2. The zero-order chi connectivity index (χ0) is 17.4. The molecule has 2 unspecified atom stereocenters. The summed E-state index contributed by atoms with van der Waals surface area (Å²) >= 11 is 0. The molecule has 0 radical (unpaired) electrons. The van der Waals surface area contributed by atoms with Gasteiger partial charge < -0.3 is 20.5 Å². The minimum atomic E-state index is 0.170. The number of nitrogens with zero attached hydrogens (tertiary/aromatic N) is 1. The van der Waals surface area contributed by atoms with E-state index in [1.54, 1.807) is 13.2 Å². The van der Waals surface area contributed by atoms with Crippen LogP contribution in [0.3, 0.4) is 0 Å². The molecule has 1 saturated carbocycles. The van der Waals surface area contributed by atoms with Gasteiger partial charge in [-0.15, -0.1) is 0 Å². The summed E-state index contributed by atoms with van der Waals surface area (Å²) in [6, 6.07) is 5.98. The predicted molar refractivity (Wildman–Crippen MR) is 98.6 cm³/mol. The number of nitrogens with one attached hydrogen (secondary N) is 2. The first kappa shape index (κ1) is 18.4. The van der Waals surface area contributed by atoms with Crippen LogP contribution < -0.4 is 15.4 Å². The molecule has 2 atom stereocenters. The molecule has 1 aliphatic rings. The van der Waals surface area contributed by atoms with E-state index in [1.165, 1.54) is 32.1 Å². The molecule has 0 saturated heterocycles. The molecule has 0 aliphatic heterocycles. The summed E-state index contributed by atoms with van der Waals surface area (Å²) in [5.74, 6) is 2.30. The summed E-state index contributed by atoms with van der Waals surface area (Å²) in [7, 11) is 1.56. The molecule has 1 aromatic carbocycles. The molecule has 3 N–H and O–H groups in total. The van der Waals surface area contributed by atoms with Gasteiger partial charge in [0.2, 0.25) is 0 Å². The van der Waals surface area contributed by atoms with Crippen molar-refractivity contribution >= 4 is 5.96 Å². The lowest BCUT2D eigenvalue weighted by molar-refractivity contribution is 0.298. The van der Waals surface area contributed by atoms with E-state index < -0.39 is 0 Å². The molecule has 0 bridgehead atoms. The number of ether oxygens (including phenoxy) is 1. The topological polar surface area (TPSA) is 65.9 Å². The number of methoxy groups -OCH3 is 1. The van der Waals surface area contributed by atoms with E-state index >= 15 is 0 Å². The number of para-hydroxylation sites is 1. The van der Waals surface area contributed by atoms with Crippen LogP contribution in [-0.4, -0.2) is 30.8 Å². The third kappa shape index (κ3) is 5.05. The van der Waals surface area contributed by atoms with Gasteiger partial charge in [0.25, 0.3) is 0 Å². The number of benzene rings is 1. The number of phenolic OH excluding ortho intramolecular Hbond substituents is 1. The maximum Gasteiger partial charge on any atom is 0.191 e. The first-order valence-corrected chi connectivity index (χ1v) is 9.07. The van der Waals surface area contributed by atoms with E-state index in [0.29, 0.717) is 18.3 Å². The Balaban J connectivity index is 2.03. The van der Waals surface area contributed by atoms with E-state index in [2.05, 4.69) is 29.5 Å². The number of aromatic hydroxyl groups is 1. The zero-order valence-electron chi connectivity index (χ0n) is 15.1. The van der Waals surface area contributed by atoms with Crippen LogP contribution in [0, 0.1) is 5.92 Å². The molecule has 0 aromatic heterocycles. The van der Waals surface area contributed by atoms with Gasteiger partial charge in [-0.05, 0) is 31.7 Å². The lowest BCUT2D eigenvalue weighted by Gasteiger charge is -2.30. The summed E-state index contributed by atoms with van der Waals surface area (Å²) in [6.45, 7) is 5.58. The average Bonchev–Trinajstić information content (AvgIpc) is 2.61. The standard InChI is InChI=1S/C19H31N3O2/c1-4-14-8-6-10-16(12-14)22-19(20-5-2)21-13-15-9-7-11-17(24-3)18(15)23/h7,9,11,14,16,23H,4-6,8,10,12-13H2,1-3H3,(H2,20,21,22). The van der Waals surface area contributed by atoms with Crippen molar-refractivity contribution < 1.29 is 9.84 Å². The van der Waals surface area contributed by atoms with Crippen molar-refractivity contribution in [2.45, 2.75) is 58.5 Å². The summed E-state index contributed by atoms with van der Waals surface area (Å²) < 4.78 is 5.16. The van der Waals surface area contributed by atoms with Gasteiger partial charge in [0.05, 0.1) is 13.7 Å². The van der Waals surface area contributed by atoms with E-state index in [-0.39, 0.29) is 5.75 Å². The highest BCUT2D eigenvalue weighted by atomic mass is 16.5. The minimum Gasteiger partial charge on any atom is -0.504 e. The van der Waals surface area contributed by atoms with Crippen LogP contribution in [0.15, 0.2) is 23.2 Å². The molecular weight excluding hydrogens is 302 g/mol. The molecule has 1 aromatic rings. The second-order valence-electron chi connectivity index (χ2n) is 6.45. The molecule has 24 heavy (non-hydrogen) atoms. The van der Waals surface area contributed by atoms with Crippen LogP contribution in [0.25, 0.3) is 0 Å². The molecule has 5 nitrogen and oxygen atoms in total. The first-order chi connectivity index (χ1) is 11.7. The average molecular weight is 333 g/mol. The number of rotatable bonds is 6. The highest BCUT2D eigenvalue weighted by Gasteiger charge is 2.21. The molecule has 134 valence electrons. The maximum atomic E-state index is 10.2. The van der Waals surface area contributed by atoms with Gasteiger partial charge >= 0.3 is 0 Å². The van der Waals surface area contributed by atoms with E-state index in [4.69, 9.17) is 4.74 Å². The van der Waals surface area contributed by atoms with Crippen LogP contribution >= 0.6 is 0 Å². The Bertz CT molecular complexity index is 545. The third-order valence-electron chi connectivity index (χ3n) is 4.76. The van der Waals surface area contributed by atoms with Gasteiger partial charge in [0.15, 0.2) is 17.5 Å². The Morgan fingerprint density at radius 2 is 2.17 bits per heavy atom. The largest absolute Gasteiger partial charge is 0.504 e. The van der Waals surface area contributed by atoms with Crippen molar-refractivity contribution in [1.29, 1.82) is 0 Å². The summed E-state index contributed by atoms with van der Waals surface area (Å²) in [4.78, 5) is 4.64. The molecule has 5 heteroatoms. The number of guanidine groups is 1. The smallest absolute Gasteiger partial charge is 0.191 e. The Morgan fingerprint density at radius 3 is 2.88 bits per heavy atom. The van der Waals surface area contributed by atoms with Crippen molar-refractivity contribution in [2.75, 3.05) is 13.7 Å². The second kappa shape index (κ2) is 9.40. The van der Waals surface area contributed by atoms with Crippen LogP contribution in [-0.2, 0) is 6.54 Å². The van der Waals surface area contributed by atoms with Crippen LogP contribution in [0.4, 0.5) is 0 Å². The van der Waals surface area contributed by atoms with Crippen LogP contribution in [0.2, 0.25) is 0 Å². The van der Waals surface area contributed by atoms with Crippen molar-refractivity contribution in [3.8, 4) is 11.5 Å². The van der Waals surface area contributed by atoms with Crippen molar-refractivity contribution in [1.82, 2.24) is 10.6 Å². The summed E-state index contributed by atoms with van der Waals surface area (Å²) in [5.41, 5.74) is 0.765. The van der Waals surface area contributed by atoms with Gasteiger partial charge in [0, 0.05) is 18.2 Å². The number of aliphatic imine (C=N–C) groups is 1. The lowest BCUT2D eigenvalue weighted by Crippen LogP contribution is -2.45. The fraction of sp³-hybridized carbons (Fsp3) is 0.632. The van der Waals surface area contributed by atoms with Gasteiger partial charge in [-0.2, -0.15) is 0 Å². The summed E-state index contributed by atoms with van der Waals surface area (Å²) in [6.07, 6.45) is 6.30. The fourth-order valence-corrected chi connectivity index (χ4v) is 3.33. The number of hydrogen-bond donors (Lipinski definition) is 3. The second-order valence-corrected chi connectivity index (χ2v) is 6.45. The van der Waals surface area contributed by atoms with Crippen molar-refractivity contribution in [3.05, 3.63) is 23.8 Å². The Labute approximate surface area is 145 Å². The molecule has 1 fully saturated rings. The molecule has 2 rings (SSSR count). The molecule has 0 heterocycles. The van der Waals surface area contributed by atoms with Gasteiger partial charge in [0.1, 0.15) is 0 Å². The number of phenols is 1.